The van der Waals surface area contributed by atoms with E-state index in [9.17, 15) is 20.1 Å². The van der Waals surface area contributed by atoms with Crippen LogP contribution in [0.15, 0.2) is 102 Å². The van der Waals surface area contributed by atoms with E-state index in [4.69, 9.17) is 37.9 Å². The van der Waals surface area contributed by atoms with E-state index in [1.54, 1.807) is 69.0 Å². The topological polar surface area (TPSA) is 168 Å². The fraction of sp³-hybridized carbons (Fsp3) is 0.602. The molecule has 0 amide bonds. The van der Waals surface area contributed by atoms with E-state index in [1.165, 1.54) is 107 Å². The fourth-order valence-corrected chi connectivity index (χ4v) is 15.7. The van der Waals surface area contributed by atoms with Crippen molar-refractivity contribution in [1.82, 2.24) is 24.5 Å². The van der Waals surface area contributed by atoms with Crippen LogP contribution in [0.4, 0.5) is 0 Å². The highest BCUT2D eigenvalue weighted by molar-refractivity contribution is 9.10. The van der Waals surface area contributed by atoms with Gasteiger partial charge in [-0.3, -0.25) is 4.79 Å². The number of benzene rings is 5. The normalized spacial score (nSPS) is 21.9. The number of nitrogens with zero attached hydrogens (tertiary/aromatic N) is 5. The molecular weight excluding hydrogens is 1340 g/mol. The van der Waals surface area contributed by atoms with E-state index in [0.29, 0.717) is 46.9 Å². The molecule has 8 atom stereocenters. The van der Waals surface area contributed by atoms with E-state index >= 15 is 0 Å². The van der Waals surface area contributed by atoms with E-state index in [1.807, 2.05) is 68.7 Å². The van der Waals surface area contributed by atoms with Gasteiger partial charge in [-0.1, -0.05) is 91.2 Å². The maximum Gasteiger partial charge on any atom is 0.161 e. The maximum atomic E-state index is 11.3. The van der Waals surface area contributed by atoms with Gasteiger partial charge in [0.1, 0.15) is 5.78 Å². The highest BCUT2D eigenvalue weighted by Crippen LogP contribution is 2.46. The molecule has 17 nitrogen and oxygen atoms in total. The van der Waals surface area contributed by atoms with Crippen molar-refractivity contribution in [3.8, 4) is 57.5 Å². The lowest BCUT2D eigenvalue weighted by Gasteiger charge is -2.42. The smallest absolute Gasteiger partial charge is 0.161 e. The lowest BCUT2D eigenvalue weighted by Crippen LogP contribution is -2.43. The Morgan fingerprint density at radius 3 is 1.39 bits per heavy atom. The van der Waals surface area contributed by atoms with E-state index in [-0.39, 0.29) is 18.8 Å². The molecule has 5 aliphatic carbocycles. The third-order valence-corrected chi connectivity index (χ3v) is 20.8. The van der Waals surface area contributed by atoms with Gasteiger partial charge in [-0.25, -0.2) is 0 Å². The number of allylic oxidation sites excluding steroid dienone is 1. The number of carbonyl (C=O) groups excluding carboxylic acids is 1. The molecule has 10 rings (SSSR count). The van der Waals surface area contributed by atoms with Crippen molar-refractivity contribution in [3.63, 3.8) is 0 Å². The molecule has 0 bridgehead atoms. The molecule has 5 aliphatic rings. The number of aliphatic hydroxyl groups is 1. The van der Waals surface area contributed by atoms with Crippen molar-refractivity contribution in [1.29, 1.82) is 0 Å². The molecule has 0 radical (unpaired) electrons. The molecule has 0 heterocycles. The minimum absolute atomic E-state index is 0. The summed E-state index contributed by atoms with van der Waals surface area (Å²) in [5, 5.41) is 30.3. The standard InChI is InChI=1S/C17H27NO3.C17H27NO2.C17H25NO2.C15H23NO2.C9H17NO.C8H9BrO2.H2/c1-18(2)12-14-7-5-6-10-17(14,19)13-8-9-15(20-3)16(11-13)21-4;2*1-18(2)12-14-7-5-6-8-15(14)13-9-10-16(19-3)17(11-13)20-4;1-16(2)10-12-5-3-4-6-13(12)11-7-8-14(17)15(18)9-11;1-10(2)7-8-5-3-4-6-9(8)11;1-10-7-4-3-6(9)5-8(7)11-2;/h8-9,11,14,19H,5-7,10,12H2,1-4H3;9-11,14-15H,5-8,12H2,1-4H3;8-11,14H,5-7,12H2,1-4H3;7-9,12-13,17-18H,3-6,10H2,1-2H3;8H,3-7H2,1-2H3;3-5H,1-2H3;1H. The Kier molecular flexibility index (Phi) is 37.6. The molecule has 0 spiro atoms. The largest absolute Gasteiger partial charge is 0.504 e. The second-order valence-corrected chi connectivity index (χ2v) is 30.1. The average molecular weight is 1470 g/mol. The van der Waals surface area contributed by atoms with Crippen LogP contribution in [-0.2, 0) is 10.4 Å². The zero-order valence-electron chi connectivity index (χ0n) is 64.9. The molecule has 0 saturated heterocycles. The summed E-state index contributed by atoms with van der Waals surface area (Å²) in [6.07, 6.45) is 24.8. The Hall–Kier alpha value is -6.25. The van der Waals surface area contributed by atoms with Crippen LogP contribution < -0.4 is 37.9 Å². The number of phenols is 2. The number of ether oxygens (including phenoxy) is 8. The average Bonchev–Trinajstić information content (AvgIpc) is 0.778. The molecule has 101 heavy (non-hydrogen) atoms. The van der Waals surface area contributed by atoms with Gasteiger partial charge in [0.2, 0.25) is 0 Å². The fourth-order valence-electron chi connectivity index (χ4n) is 15.4. The minimum atomic E-state index is -0.776. The number of halogens is 1. The van der Waals surface area contributed by atoms with Crippen LogP contribution in [0.25, 0.3) is 5.57 Å². The lowest BCUT2D eigenvalue weighted by molar-refractivity contribution is -0.125. The van der Waals surface area contributed by atoms with Gasteiger partial charge in [0, 0.05) is 56.9 Å². The Morgan fingerprint density at radius 1 is 0.426 bits per heavy atom. The number of rotatable bonds is 22. The molecule has 3 N–H and O–H groups in total. The molecule has 5 aromatic carbocycles. The second kappa shape index (κ2) is 44.4. The SMILES string of the molecule is CN(C)CC1CCCCC1=O.CN(C)CC1CCCCC1c1ccc(O)c(O)c1.COc1ccc(Br)cc1OC.COc1ccc(C2(O)CCCCC2CN(C)C)cc1OC.COc1ccc(C2=CCCCC2CN(C)C)cc1OC.COc1ccc(C2CCCCC2CN(C)C)cc1OC.[HH]. The Balaban J connectivity index is 0.000000263. The van der Waals surface area contributed by atoms with Gasteiger partial charge in [0.15, 0.2) is 57.5 Å². The number of Topliss-reactive ketones (excluding diaryl/α,β-unsaturated/α-hetero) is 1. The second-order valence-electron chi connectivity index (χ2n) is 29.2. The Labute approximate surface area is 618 Å². The first kappa shape index (κ1) is 85.4. The van der Waals surface area contributed by atoms with Gasteiger partial charge in [0.25, 0.3) is 0 Å². The van der Waals surface area contributed by atoms with Crippen molar-refractivity contribution < 1.29 is 59.4 Å². The number of phenolic OH excluding ortho intramolecular Hbond substituents is 2. The third-order valence-electron chi connectivity index (χ3n) is 20.3. The Bertz CT molecular complexity index is 3260. The lowest BCUT2D eigenvalue weighted by atomic mass is 9.71. The highest BCUT2D eigenvalue weighted by Gasteiger charge is 2.41. The first-order valence-corrected chi connectivity index (χ1v) is 37.4. The number of methoxy groups -OCH3 is 8. The molecule has 0 aromatic heterocycles. The number of aromatic hydroxyl groups is 2. The maximum absolute atomic E-state index is 11.3. The molecule has 5 aromatic rings. The third kappa shape index (κ3) is 27.1. The van der Waals surface area contributed by atoms with Gasteiger partial charge in [0.05, 0.1) is 62.5 Å². The summed E-state index contributed by atoms with van der Waals surface area (Å²) in [5.74, 6) is 10.3. The summed E-state index contributed by atoms with van der Waals surface area (Å²) in [6, 6.07) is 29.3. The Morgan fingerprint density at radius 2 is 0.861 bits per heavy atom. The van der Waals surface area contributed by atoms with Crippen molar-refractivity contribution in [2.45, 2.75) is 139 Å². The summed E-state index contributed by atoms with van der Waals surface area (Å²) < 4.78 is 43.3. The minimum Gasteiger partial charge on any atom is -0.504 e. The van der Waals surface area contributed by atoms with Gasteiger partial charge in [-0.15, -0.1) is 0 Å². The van der Waals surface area contributed by atoms with Gasteiger partial charge < -0.3 is 77.7 Å². The van der Waals surface area contributed by atoms with Gasteiger partial charge in [-0.2, -0.15) is 0 Å². The van der Waals surface area contributed by atoms with Crippen LogP contribution in [0, 0.1) is 29.6 Å². The molecular formula is C83H130BrN5O12. The first-order valence-electron chi connectivity index (χ1n) is 36.6. The molecule has 8 unspecified atom stereocenters. The van der Waals surface area contributed by atoms with Crippen LogP contribution in [-0.4, -0.2) is 206 Å². The summed E-state index contributed by atoms with van der Waals surface area (Å²) in [4.78, 5) is 22.4. The van der Waals surface area contributed by atoms with Crippen molar-refractivity contribution in [3.05, 3.63) is 124 Å². The number of ketones is 1. The van der Waals surface area contributed by atoms with Crippen LogP contribution in [0.1, 0.15) is 158 Å². The van der Waals surface area contributed by atoms with Crippen LogP contribution in [0.2, 0.25) is 0 Å². The predicted molar refractivity (Wildman–Crippen MR) is 418 cm³/mol. The zero-order chi connectivity index (χ0) is 74.2. The van der Waals surface area contributed by atoms with E-state index in [0.717, 1.165) is 121 Å². The first-order chi connectivity index (χ1) is 48.4. The zero-order valence-corrected chi connectivity index (χ0v) is 66.5. The van der Waals surface area contributed by atoms with Gasteiger partial charge in [-0.05, 0) is 265 Å². The predicted octanol–water partition coefficient (Wildman–Crippen LogP) is 16.6. The number of hydrogen-bond acceptors (Lipinski definition) is 17. The summed E-state index contributed by atoms with van der Waals surface area (Å²) >= 11 is 3.33. The number of hydrogen-bond donors (Lipinski definition) is 3. The molecule has 4 saturated carbocycles. The monoisotopic (exact) mass is 1470 g/mol. The molecule has 566 valence electrons. The molecule has 4 fully saturated rings. The quantitative estimate of drug-likeness (QED) is 0.0559. The molecule has 18 heteroatoms. The van der Waals surface area contributed by atoms with Crippen molar-refractivity contribution >= 4 is 27.3 Å². The van der Waals surface area contributed by atoms with Crippen LogP contribution in [0.3, 0.4) is 0 Å². The van der Waals surface area contributed by atoms with E-state index in [2.05, 4.69) is 127 Å². The van der Waals surface area contributed by atoms with Gasteiger partial charge >= 0.3 is 0 Å². The summed E-state index contributed by atoms with van der Waals surface area (Å²) in [5.41, 5.74) is 5.43. The summed E-state index contributed by atoms with van der Waals surface area (Å²) in [6.45, 7) is 5.19. The summed E-state index contributed by atoms with van der Waals surface area (Å²) in [7, 11) is 34.3. The number of carbonyl (C=O) groups is 1. The van der Waals surface area contributed by atoms with Crippen LogP contribution in [0.5, 0.6) is 57.5 Å². The van der Waals surface area contributed by atoms with Crippen molar-refractivity contribution in [2.75, 3.05) is 160 Å². The van der Waals surface area contributed by atoms with Crippen molar-refractivity contribution in [2.24, 2.45) is 29.6 Å². The van der Waals surface area contributed by atoms with E-state index < -0.39 is 5.60 Å². The van der Waals surface area contributed by atoms with Crippen LogP contribution >= 0.6 is 15.9 Å². The molecule has 0 aliphatic heterocycles. The highest BCUT2D eigenvalue weighted by atomic mass is 79.9.